The largest absolute Gasteiger partial charge is 0.250 e. The molecule has 0 aromatic carbocycles. The molecule has 0 amide bonds. The fourth-order valence-corrected chi connectivity index (χ4v) is 1.29. The lowest BCUT2D eigenvalue weighted by Gasteiger charge is -2.25. The van der Waals surface area contributed by atoms with Crippen LogP contribution in [0.4, 0.5) is 13.4 Å². The number of quaternary nitrogens is 1. The van der Waals surface area contributed by atoms with Gasteiger partial charge >= 0.3 is 0 Å². The van der Waals surface area contributed by atoms with Crippen LogP contribution in [-0.2, 0) is 0 Å². The highest BCUT2D eigenvalue weighted by Crippen LogP contribution is 2.37. The Labute approximate surface area is 65.2 Å². The van der Waals surface area contributed by atoms with Gasteiger partial charge in [0.25, 0.3) is 0 Å². The maximum Gasteiger partial charge on any atom is 0.250 e. The molecule has 0 aliphatic rings. The van der Waals surface area contributed by atoms with Gasteiger partial charge in [-0.15, -0.1) is 0 Å². The van der Waals surface area contributed by atoms with E-state index < -0.39 is 10.7 Å². The molecule has 0 aromatic rings. The zero-order valence-electron chi connectivity index (χ0n) is 7.20. The van der Waals surface area contributed by atoms with Gasteiger partial charge in [-0.3, -0.25) is 0 Å². The lowest BCUT2D eigenvalue weighted by atomic mass is 9.91. The van der Waals surface area contributed by atoms with Crippen molar-refractivity contribution < 1.29 is 18.6 Å². The molecule has 0 atom stereocenters. The topological polar surface area (TPSA) is 0 Å². The molecule has 4 heteroatoms. The van der Waals surface area contributed by atoms with Crippen molar-refractivity contribution in [1.82, 2.24) is 0 Å². The van der Waals surface area contributed by atoms with Gasteiger partial charge < -0.3 is 0 Å². The summed E-state index contributed by atoms with van der Waals surface area (Å²) in [4.78, 5) is 0. The van der Waals surface area contributed by atoms with Gasteiger partial charge in [-0.1, -0.05) is 20.8 Å². The summed E-state index contributed by atoms with van der Waals surface area (Å²) >= 11 is 0. The summed E-state index contributed by atoms with van der Waals surface area (Å²) in [6.07, 6.45) is 0.469. The van der Waals surface area contributed by atoms with E-state index in [0.717, 1.165) is 0 Å². The third-order valence-corrected chi connectivity index (χ3v) is 2.51. The monoisotopic (exact) mass is 170 g/mol. The highest BCUT2D eigenvalue weighted by Gasteiger charge is 2.55. The third kappa shape index (κ3) is 1.86. The first-order valence-electron chi connectivity index (χ1n) is 3.91. The number of rotatable bonds is 4. The van der Waals surface area contributed by atoms with Crippen LogP contribution >= 0.6 is 0 Å². The number of hydrogen-bond donors (Lipinski definition) is 0. The van der Waals surface area contributed by atoms with E-state index in [1.54, 1.807) is 20.8 Å². The van der Waals surface area contributed by atoms with Crippen molar-refractivity contribution in [1.29, 1.82) is 0 Å². The van der Waals surface area contributed by atoms with Crippen LogP contribution in [0.5, 0.6) is 0 Å². The van der Waals surface area contributed by atoms with Gasteiger partial charge in [0.2, 0.25) is 10.7 Å². The van der Waals surface area contributed by atoms with E-state index in [1.807, 2.05) is 0 Å². The number of halogens is 3. The van der Waals surface area contributed by atoms with E-state index in [1.165, 1.54) is 0 Å². The second-order valence-electron chi connectivity index (χ2n) is 2.73. The quantitative estimate of drug-likeness (QED) is 0.567. The van der Waals surface area contributed by atoms with Crippen LogP contribution in [0, 0.1) is 0 Å². The Hall–Kier alpha value is -0.250. The minimum atomic E-state index is -3.41. The van der Waals surface area contributed by atoms with Crippen molar-refractivity contribution in [2.45, 2.75) is 45.6 Å². The Bertz CT molecular complexity index is 107. The number of hydrogen-bond acceptors (Lipinski definition) is 0. The average molecular weight is 170 g/mol. The van der Waals surface area contributed by atoms with E-state index in [0.29, 0.717) is 0 Å². The van der Waals surface area contributed by atoms with Crippen molar-refractivity contribution >= 4 is 0 Å². The standard InChI is InChI=1S/C7H15F3N/c1-4-7(5-2,6-3)11(8,9)10/h4-6H2,1-3H3/q+1. The molecule has 0 saturated carbocycles. The Morgan fingerprint density at radius 3 is 1.18 bits per heavy atom. The summed E-state index contributed by atoms with van der Waals surface area (Å²) in [5.74, 6) is 0. The van der Waals surface area contributed by atoms with Gasteiger partial charge in [-0.25, -0.2) is 0 Å². The fourth-order valence-electron chi connectivity index (χ4n) is 1.29. The lowest BCUT2D eigenvalue weighted by molar-refractivity contribution is -1.30. The molecule has 0 bridgehead atoms. The van der Waals surface area contributed by atoms with Crippen LogP contribution in [0.1, 0.15) is 40.0 Å². The van der Waals surface area contributed by atoms with E-state index in [9.17, 15) is 13.4 Å². The maximum absolute atomic E-state index is 12.3. The molecule has 0 heterocycles. The molecule has 0 saturated heterocycles. The third-order valence-electron chi connectivity index (χ3n) is 2.51. The highest BCUT2D eigenvalue weighted by atomic mass is 19.6. The molecule has 0 radical (unpaired) electrons. The van der Waals surface area contributed by atoms with Crippen LogP contribution in [-0.4, -0.2) is 10.7 Å². The first-order valence-corrected chi connectivity index (χ1v) is 3.91. The number of nitrogens with zero attached hydrogens (tertiary/aromatic N) is 1. The smallest absolute Gasteiger partial charge is 0.0590 e. The van der Waals surface area contributed by atoms with Crippen LogP contribution in [0.3, 0.4) is 0 Å². The summed E-state index contributed by atoms with van der Waals surface area (Å²) in [5, 5.41) is -3.41. The molecule has 11 heavy (non-hydrogen) atoms. The van der Waals surface area contributed by atoms with Crippen LogP contribution in [0.2, 0.25) is 0 Å². The molecule has 68 valence electrons. The molecular weight excluding hydrogens is 155 g/mol. The summed E-state index contributed by atoms with van der Waals surface area (Å²) in [6.45, 7) is 4.75. The Balaban J connectivity index is 4.54. The Morgan fingerprint density at radius 1 is 0.909 bits per heavy atom. The molecular formula is C7H15F3N+. The normalized spacial score (nSPS) is 13.6. The Morgan fingerprint density at radius 2 is 1.18 bits per heavy atom. The molecule has 0 aliphatic heterocycles. The zero-order chi connectivity index (χ0) is 9.12. The maximum atomic E-state index is 12.3. The summed E-state index contributed by atoms with van der Waals surface area (Å²) < 4.78 is 36.9. The Kier molecular flexibility index (Phi) is 3.35. The molecule has 0 aromatic heterocycles. The highest BCUT2D eigenvalue weighted by molar-refractivity contribution is 4.72. The van der Waals surface area contributed by atoms with Gasteiger partial charge in [0.1, 0.15) is 0 Å². The van der Waals surface area contributed by atoms with E-state index in [4.69, 9.17) is 0 Å². The van der Waals surface area contributed by atoms with Crippen LogP contribution in [0.25, 0.3) is 0 Å². The molecule has 0 unspecified atom stereocenters. The van der Waals surface area contributed by atoms with E-state index in [-0.39, 0.29) is 19.3 Å². The van der Waals surface area contributed by atoms with Gasteiger partial charge in [0.15, 0.2) is 0 Å². The average Bonchev–Trinajstić information content (AvgIpc) is 1.90. The fraction of sp³-hybridized carbons (Fsp3) is 1.00. The molecule has 0 spiro atoms. The van der Waals surface area contributed by atoms with Crippen LogP contribution < -0.4 is 0 Å². The molecule has 0 fully saturated rings. The van der Waals surface area contributed by atoms with Crippen molar-refractivity contribution in [3.8, 4) is 0 Å². The minimum Gasteiger partial charge on any atom is -0.0590 e. The molecule has 1 nitrogen and oxygen atoms in total. The molecule has 0 rings (SSSR count). The van der Waals surface area contributed by atoms with Gasteiger partial charge in [0.05, 0.1) is 13.4 Å². The van der Waals surface area contributed by atoms with Crippen molar-refractivity contribution in [2.75, 3.05) is 0 Å². The van der Waals surface area contributed by atoms with Crippen molar-refractivity contribution in [3.05, 3.63) is 0 Å². The molecule has 0 N–H and O–H groups in total. The lowest BCUT2D eigenvalue weighted by Crippen LogP contribution is -2.47. The van der Waals surface area contributed by atoms with Crippen LogP contribution in [0.15, 0.2) is 0 Å². The first kappa shape index (κ1) is 10.8. The summed E-state index contributed by atoms with van der Waals surface area (Å²) in [5.41, 5.74) is -1.50. The minimum absolute atomic E-state index is 0.156. The van der Waals surface area contributed by atoms with Gasteiger partial charge in [0, 0.05) is 19.3 Å². The summed E-state index contributed by atoms with van der Waals surface area (Å²) in [7, 11) is 0. The zero-order valence-corrected chi connectivity index (χ0v) is 7.20. The molecule has 0 aliphatic carbocycles. The van der Waals surface area contributed by atoms with Gasteiger partial charge in [-0.2, -0.15) is 0 Å². The van der Waals surface area contributed by atoms with E-state index >= 15 is 0 Å². The second-order valence-corrected chi connectivity index (χ2v) is 2.73. The second kappa shape index (κ2) is 3.43. The van der Waals surface area contributed by atoms with Crippen molar-refractivity contribution in [2.24, 2.45) is 0 Å². The summed E-state index contributed by atoms with van der Waals surface area (Å²) in [6, 6.07) is 0. The first-order chi connectivity index (χ1) is 4.93. The van der Waals surface area contributed by atoms with Crippen molar-refractivity contribution in [3.63, 3.8) is 0 Å². The SMILES string of the molecule is CCC(CC)(CC)[N+](F)(F)F. The van der Waals surface area contributed by atoms with Gasteiger partial charge in [-0.05, 0) is 0 Å². The van der Waals surface area contributed by atoms with E-state index in [2.05, 4.69) is 0 Å². The predicted octanol–water partition coefficient (Wildman–Crippen LogP) is 3.43. The predicted molar refractivity (Wildman–Crippen MR) is 37.2 cm³/mol.